The lowest BCUT2D eigenvalue weighted by molar-refractivity contribution is 0.0936. The predicted molar refractivity (Wildman–Crippen MR) is 116 cm³/mol. The number of aromatic nitrogens is 4. The number of carbonyl (C=O) groups excluding carboxylic acids is 1. The predicted octanol–water partition coefficient (Wildman–Crippen LogP) is 3.64. The van der Waals surface area contributed by atoms with E-state index in [1.54, 1.807) is 26.8 Å². The number of nitrogens with zero attached hydrogens (tertiary/aromatic N) is 6. The van der Waals surface area contributed by atoms with Crippen LogP contribution in [0.15, 0.2) is 30.7 Å². The normalized spacial score (nSPS) is 14.3. The SMILES string of the molecule is C[C@H](NC(=O)c1cc(OC(C)(C)C#N)cc(C2CC2)c1)c1ncnn1-c1ncc(C#N)s1. The fourth-order valence-electron chi connectivity index (χ4n) is 3.23. The number of benzene rings is 1. The van der Waals surface area contributed by atoms with Crippen LogP contribution in [0.1, 0.15) is 72.2 Å². The van der Waals surface area contributed by atoms with Gasteiger partial charge in [0, 0.05) is 5.56 Å². The van der Waals surface area contributed by atoms with Gasteiger partial charge in [0.15, 0.2) is 11.4 Å². The Labute approximate surface area is 189 Å². The molecule has 1 N–H and O–H groups in total. The van der Waals surface area contributed by atoms with Gasteiger partial charge in [-0.15, -0.1) is 0 Å². The lowest BCUT2D eigenvalue weighted by Crippen LogP contribution is -2.29. The quantitative estimate of drug-likeness (QED) is 0.585. The number of carbonyl (C=O) groups is 1. The van der Waals surface area contributed by atoms with Gasteiger partial charge in [-0.2, -0.15) is 20.3 Å². The summed E-state index contributed by atoms with van der Waals surface area (Å²) in [4.78, 5) is 22.0. The van der Waals surface area contributed by atoms with E-state index in [-0.39, 0.29) is 5.91 Å². The number of thiazole rings is 1. The Hall–Kier alpha value is -3.76. The summed E-state index contributed by atoms with van der Waals surface area (Å²) >= 11 is 1.19. The highest BCUT2D eigenvalue weighted by Gasteiger charge is 2.27. The molecule has 1 amide bonds. The fraction of sp³-hybridized carbons (Fsp3) is 0.364. The molecule has 1 aliphatic rings. The lowest BCUT2D eigenvalue weighted by Gasteiger charge is -2.20. The minimum Gasteiger partial charge on any atom is -0.473 e. The van der Waals surface area contributed by atoms with Crippen molar-refractivity contribution in [1.29, 1.82) is 10.5 Å². The van der Waals surface area contributed by atoms with Gasteiger partial charge in [0.05, 0.1) is 12.2 Å². The number of rotatable bonds is 7. The molecule has 2 heterocycles. The maximum Gasteiger partial charge on any atom is 0.252 e. The molecule has 1 atom stereocenters. The average molecular weight is 448 g/mol. The Morgan fingerprint density at radius 1 is 1.31 bits per heavy atom. The molecular weight excluding hydrogens is 426 g/mol. The zero-order valence-electron chi connectivity index (χ0n) is 17.9. The highest BCUT2D eigenvalue weighted by atomic mass is 32.1. The van der Waals surface area contributed by atoms with Gasteiger partial charge in [0.1, 0.15) is 29.1 Å². The maximum atomic E-state index is 13.1. The van der Waals surface area contributed by atoms with Gasteiger partial charge in [-0.05, 0) is 63.3 Å². The Balaban J connectivity index is 1.57. The summed E-state index contributed by atoms with van der Waals surface area (Å²) in [5, 5.41) is 26.0. The average Bonchev–Trinajstić information content (AvgIpc) is 3.31. The third-order valence-electron chi connectivity index (χ3n) is 4.98. The number of amides is 1. The lowest BCUT2D eigenvalue weighted by atomic mass is 10.0. The molecule has 0 bridgehead atoms. The highest BCUT2D eigenvalue weighted by molar-refractivity contribution is 7.14. The largest absolute Gasteiger partial charge is 0.473 e. The number of hydrogen-bond donors (Lipinski definition) is 1. The smallest absolute Gasteiger partial charge is 0.252 e. The van der Waals surface area contributed by atoms with E-state index in [2.05, 4.69) is 26.5 Å². The Morgan fingerprint density at radius 2 is 2.09 bits per heavy atom. The minimum absolute atomic E-state index is 0.286. The zero-order chi connectivity index (χ0) is 22.9. The third kappa shape index (κ3) is 4.61. The molecular formula is C22H21N7O2S. The molecule has 0 aliphatic heterocycles. The number of nitriles is 2. The van der Waals surface area contributed by atoms with Crippen LogP contribution < -0.4 is 10.1 Å². The summed E-state index contributed by atoms with van der Waals surface area (Å²) in [5.41, 5.74) is 0.483. The van der Waals surface area contributed by atoms with Gasteiger partial charge in [-0.25, -0.2) is 9.97 Å². The van der Waals surface area contributed by atoms with E-state index in [9.17, 15) is 10.1 Å². The van der Waals surface area contributed by atoms with Crippen molar-refractivity contribution in [2.24, 2.45) is 0 Å². The van der Waals surface area contributed by atoms with Crippen LogP contribution in [0.25, 0.3) is 5.13 Å². The minimum atomic E-state index is -1.00. The molecule has 162 valence electrons. The molecule has 9 nitrogen and oxygen atoms in total. The van der Waals surface area contributed by atoms with Gasteiger partial charge in [-0.3, -0.25) is 4.79 Å². The van der Waals surface area contributed by atoms with Crippen LogP contribution in [0.5, 0.6) is 5.75 Å². The summed E-state index contributed by atoms with van der Waals surface area (Å²) in [6.07, 6.45) is 5.01. The molecule has 32 heavy (non-hydrogen) atoms. The fourth-order valence-corrected chi connectivity index (χ4v) is 3.91. The van der Waals surface area contributed by atoms with E-state index in [4.69, 9.17) is 10.00 Å². The van der Waals surface area contributed by atoms with Crippen molar-refractivity contribution in [2.45, 2.75) is 51.2 Å². The first-order valence-corrected chi connectivity index (χ1v) is 10.9. The zero-order valence-corrected chi connectivity index (χ0v) is 18.7. The van der Waals surface area contributed by atoms with Crippen molar-refractivity contribution in [3.63, 3.8) is 0 Å². The molecule has 0 spiro atoms. The first-order chi connectivity index (χ1) is 15.3. The third-order valence-corrected chi connectivity index (χ3v) is 5.85. The second-order valence-corrected chi connectivity index (χ2v) is 9.14. The van der Waals surface area contributed by atoms with Gasteiger partial charge < -0.3 is 10.1 Å². The number of hydrogen-bond acceptors (Lipinski definition) is 8. The molecule has 2 aromatic heterocycles. The first kappa shape index (κ1) is 21.5. The van der Waals surface area contributed by atoms with Crippen molar-refractivity contribution in [2.75, 3.05) is 0 Å². The van der Waals surface area contributed by atoms with Crippen LogP contribution in [0.4, 0.5) is 0 Å². The number of ether oxygens (including phenoxy) is 1. The molecule has 1 fully saturated rings. The van der Waals surface area contributed by atoms with Crippen molar-refractivity contribution in [3.8, 4) is 23.0 Å². The van der Waals surface area contributed by atoms with Crippen LogP contribution in [0.2, 0.25) is 0 Å². The molecule has 0 saturated heterocycles. The molecule has 1 aliphatic carbocycles. The van der Waals surface area contributed by atoms with Crippen LogP contribution in [-0.2, 0) is 0 Å². The van der Waals surface area contributed by atoms with Gasteiger partial charge in [-0.1, -0.05) is 11.3 Å². The molecule has 4 rings (SSSR count). The van der Waals surface area contributed by atoms with E-state index in [1.165, 1.54) is 28.5 Å². The van der Waals surface area contributed by atoms with Gasteiger partial charge >= 0.3 is 0 Å². The molecule has 1 aromatic carbocycles. The topological polar surface area (TPSA) is 130 Å². The van der Waals surface area contributed by atoms with Crippen LogP contribution in [0, 0.1) is 22.7 Å². The highest BCUT2D eigenvalue weighted by Crippen LogP contribution is 2.42. The van der Waals surface area contributed by atoms with Crippen LogP contribution >= 0.6 is 11.3 Å². The van der Waals surface area contributed by atoms with E-state index in [1.807, 2.05) is 18.2 Å². The standard InChI is InChI=1S/C22H21N7O2S/c1-13(19-26-12-27-29(19)21-25-10-18(9-23)32-21)28-20(30)16-6-15(14-4-5-14)7-17(8-16)31-22(2,3)11-24/h6-8,10,12-14H,4-5H2,1-3H3,(H,28,30)/t13-/m0/s1. The van der Waals surface area contributed by atoms with E-state index >= 15 is 0 Å². The molecule has 0 radical (unpaired) electrons. The molecule has 0 unspecified atom stereocenters. The van der Waals surface area contributed by atoms with Crippen molar-refractivity contribution in [1.82, 2.24) is 25.1 Å². The summed E-state index contributed by atoms with van der Waals surface area (Å²) in [5.74, 6) is 1.12. The maximum absolute atomic E-state index is 13.1. The van der Waals surface area contributed by atoms with E-state index in [0.29, 0.717) is 33.1 Å². The summed E-state index contributed by atoms with van der Waals surface area (Å²) < 4.78 is 7.34. The van der Waals surface area contributed by atoms with Gasteiger partial charge in [0.2, 0.25) is 5.13 Å². The summed E-state index contributed by atoms with van der Waals surface area (Å²) in [7, 11) is 0. The molecule has 3 aromatic rings. The van der Waals surface area contributed by atoms with Crippen LogP contribution in [-0.4, -0.2) is 31.3 Å². The Bertz CT molecular complexity index is 1240. The monoisotopic (exact) mass is 447 g/mol. The molecule has 10 heteroatoms. The summed E-state index contributed by atoms with van der Waals surface area (Å²) in [6.45, 7) is 5.17. The molecule has 1 saturated carbocycles. The van der Waals surface area contributed by atoms with E-state index in [0.717, 1.165) is 18.4 Å². The van der Waals surface area contributed by atoms with E-state index < -0.39 is 11.6 Å². The second kappa shape index (κ2) is 8.40. The Kier molecular flexibility index (Phi) is 5.64. The van der Waals surface area contributed by atoms with Crippen molar-refractivity contribution >= 4 is 17.2 Å². The van der Waals surface area contributed by atoms with Crippen LogP contribution in [0.3, 0.4) is 0 Å². The first-order valence-electron chi connectivity index (χ1n) is 10.1. The van der Waals surface area contributed by atoms with Gasteiger partial charge in [0.25, 0.3) is 5.91 Å². The second-order valence-electron chi connectivity index (χ2n) is 8.13. The van der Waals surface area contributed by atoms with Crippen molar-refractivity contribution < 1.29 is 9.53 Å². The number of nitrogens with one attached hydrogen (secondary N) is 1. The summed E-state index contributed by atoms with van der Waals surface area (Å²) in [6, 6.07) is 9.12. The van der Waals surface area contributed by atoms with Crippen molar-refractivity contribution in [3.05, 3.63) is 52.6 Å². The Morgan fingerprint density at radius 3 is 2.75 bits per heavy atom.